The molecule has 6 atom stereocenters. The second kappa shape index (κ2) is 11.0. The molecule has 1 aliphatic rings. The van der Waals surface area contributed by atoms with E-state index in [1.165, 1.54) is 19.9 Å². The first-order chi connectivity index (χ1) is 12.7. The number of rotatable bonds is 9. The number of ether oxygens (including phenoxy) is 4. The topological polar surface area (TPSA) is 100 Å². The predicted octanol–water partition coefficient (Wildman–Crippen LogP) is 1.43. The van der Waals surface area contributed by atoms with E-state index in [0.717, 1.165) is 0 Å². The third kappa shape index (κ3) is 7.30. The Kier molecular flexibility index (Phi) is 9.45. The maximum Gasteiger partial charge on any atom is 0.311 e. The molecule has 1 rings (SSSR count). The highest BCUT2D eigenvalue weighted by Crippen LogP contribution is 2.32. The molecule has 1 N–H and O–H groups in total. The summed E-state index contributed by atoms with van der Waals surface area (Å²) in [5.74, 6) is -1.47. The van der Waals surface area contributed by atoms with Gasteiger partial charge >= 0.3 is 11.9 Å². The number of esters is 2. The van der Waals surface area contributed by atoms with E-state index in [1.54, 1.807) is 6.92 Å². The summed E-state index contributed by atoms with van der Waals surface area (Å²) in [5, 5.41) is 2.86. The van der Waals surface area contributed by atoms with Crippen molar-refractivity contribution in [2.75, 3.05) is 19.8 Å². The number of amides is 1. The molecule has 0 aromatic heterocycles. The monoisotopic (exact) mass is 385 g/mol. The van der Waals surface area contributed by atoms with Gasteiger partial charge in [-0.05, 0) is 18.8 Å². The third-order valence-electron chi connectivity index (χ3n) is 4.66. The third-order valence-corrected chi connectivity index (χ3v) is 4.66. The molecule has 1 fully saturated rings. The van der Waals surface area contributed by atoms with Gasteiger partial charge in [0.05, 0.1) is 24.7 Å². The number of hydrogen-bond donors (Lipinski definition) is 1. The maximum absolute atomic E-state index is 11.9. The number of hydrogen-bond acceptors (Lipinski definition) is 7. The molecule has 3 unspecified atom stereocenters. The van der Waals surface area contributed by atoms with Crippen molar-refractivity contribution in [3.63, 3.8) is 0 Å². The molecule has 1 heterocycles. The standard InChI is InChI=1S/C19H31NO7/c1-7-8-24-18(23)11(2)9-26-19-17(20-14(5)21)13(4)12(3)16(27-19)10-25-15(6)22/h7,11-13,16-17,19H,1,8-10H2,2-6H3,(H,20,21)/t11?,12-,13-,16?,17-,19?/m0/s1. The number of carbonyl (C=O) groups is 3. The van der Waals surface area contributed by atoms with Crippen molar-refractivity contribution in [1.82, 2.24) is 5.32 Å². The van der Waals surface area contributed by atoms with Crippen LogP contribution in [0.25, 0.3) is 0 Å². The van der Waals surface area contributed by atoms with Crippen molar-refractivity contribution in [1.29, 1.82) is 0 Å². The van der Waals surface area contributed by atoms with Crippen LogP contribution in [0.4, 0.5) is 0 Å². The fourth-order valence-electron chi connectivity index (χ4n) is 2.85. The van der Waals surface area contributed by atoms with Gasteiger partial charge in [-0.2, -0.15) is 0 Å². The summed E-state index contributed by atoms with van der Waals surface area (Å²) < 4.78 is 21.9. The molecule has 0 bridgehead atoms. The van der Waals surface area contributed by atoms with Crippen LogP contribution in [0.3, 0.4) is 0 Å². The first-order valence-corrected chi connectivity index (χ1v) is 9.12. The second-order valence-electron chi connectivity index (χ2n) is 6.94. The molecule has 1 amide bonds. The van der Waals surface area contributed by atoms with Crippen LogP contribution in [0.15, 0.2) is 12.7 Å². The molecule has 1 aliphatic heterocycles. The van der Waals surface area contributed by atoms with Crippen LogP contribution in [0.5, 0.6) is 0 Å². The van der Waals surface area contributed by atoms with Crippen LogP contribution in [-0.2, 0) is 33.3 Å². The lowest BCUT2D eigenvalue weighted by molar-refractivity contribution is -0.247. The Morgan fingerprint density at radius 2 is 1.85 bits per heavy atom. The minimum Gasteiger partial charge on any atom is -0.463 e. The smallest absolute Gasteiger partial charge is 0.311 e. The molecule has 154 valence electrons. The molecule has 8 heteroatoms. The minimum absolute atomic E-state index is 0.0104. The van der Waals surface area contributed by atoms with Crippen molar-refractivity contribution in [3.05, 3.63) is 12.7 Å². The summed E-state index contributed by atoms with van der Waals surface area (Å²) in [4.78, 5) is 34.6. The summed E-state index contributed by atoms with van der Waals surface area (Å²) in [6.07, 6.45) is 0.350. The zero-order chi connectivity index (χ0) is 20.6. The molecule has 0 radical (unpaired) electrons. The Bertz CT molecular complexity index is 534. The highest BCUT2D eigenvalue weighted by Gasteiger charge is 2.43. The summed E-state index contributed by atoms with van der Waals surface area (Å²) >= 11 is 0. The molecular weight excluding hydrogens is 354 g/mol. The van der Waals surface area contributed by atoms with Crippen LogP contribution in [0.2, 0.25) is 0 Å². The minimum atomic E-state index is -0.768. The van der Waals surface area contributed by atoms with Gasteiger partial charge < -0.3 is 24.3 Å². The van der Waals surface area contributed by atoms with Gasteiger partial charge in [0.25, 0.3) is 0 Å². The van der Waals surface area contributed by atoms with Crippen molar-refractivity contribution < 1.29 is 33.3 Å². The van der Waals surface area contributed by atoms with Gasteiger partial charge in [-0.3, -0.25) is 14.4 Å². The van der Waals surface area contributed by atoms with E-state index in [0.29, 0.717) is 0 Å². The van der Waals surface area contributed by atoms with Crippen LogP contribution < -0.4 is 5.32 Å². The van der Waals surface area contributed by atoms with E-state index in [4.69, 9.17) is 18.9 Å². The summed E-state index contributed by atoms with van der Waals surface area (Å²) in [6, 6.07) is -0.387. The fourth-order valence-corrected chi connectivity index (χ4v) is 2.85. The average Bonchev–Trinajstić information content (AvgIpc) is 2.61. The van der Waals surface area contributed by atoms with Gasteiger partial charge in [-0.15, -0.1) is 0 Å². The first kappa shape index (κ1) is 23.1. The van der Waals surface area contributed by atoms with Crippen molar-refractivity contribution >= 4 is 17.8 Å². The molecule has 0 aromatic carbocycles. The van der Waals surface area contributed by atoms with E-state index < -0.39 is 24.1 Å². The fraction of sp³-hybridized carbons (Fsp3) is 0.737. The van der Waals surface area contributed by atoms with Gasteiger partial charge in [0.2, 0.25) is 5.91 Å². The normalized spacial score (nSPS) is 28.7. The van der Waals surface area contributed by atoms with E-state index in [9.17, 15) is 14.4 Å². The van der Waals surface area contributed by atoms with Crippen LogP contribution >= 0.6 is 0 Å². The molecule has 8 nitrogen and oxygen atoms in total. The second-order valence-corrected chi connectivity index (χ2v) is 6.94. The van der Waals surface area contributed by atoms with Crippen LogP contribution in [0.1, 0.15) is 34.6 Å². The SMILES string of the molecule is C=CCOC(=O)C(C)COC1OC(COC(C)=O)[C@@H](C)[C@H](C)[C@@H]1NC(C)=O. The summed E-state index contributed by atoms with van der Waals surface area (Å²) in [5.41, 5.74) is 0. The highest BCUT2D eigenvalue weighted by atomic mass is 16.7. The van der Waals surface area contributed by atoms with E-state index >= 15 is 0 Å². The van der Waals surface area contributed by atoms with Crippen molar-refractivity contribution in [2.24, 2.45) is 17.8 Å². The van der Waals surface area contributed by atoms with E-state index in [-0.39, 0.29) is 49.7 Å². The average molecular weight is 385 g/mol. The van der Waals surface area contributed by atoms with Gasteiger partial charge in [-0.25, -0.2) is 0 Å². The molecule has 0 spiro atoms. The Labute approximate surface area is 160 Å². The first-order valence-electron chi connectivity index (χ1n) is 9.12. The highest BCUT2D eigenvalue weighted by molar-refractivity contribution is 5.73. The van der Waals surface area contributed by atoms with Crippen LogP contribution in [-0.4, -0.2) is 56.1 Å². The molecule has 0 aliphatic carbocycles. The molecular formula is C19H31NO7. The molecule has 1 saturated heterocycles. The summed E-state index contributed by atoms with van der Waals surface area (Å²) in [6.45, 7) is 12.2. The molecule has 27 heavy (non-hydrogen) atoms. The van der Waals surface area contributed by atoms with Crippen LogP contribution in [0, 0.1) is 17.8 Å². The van der Waals surface area contributed by atoms with Gasteiger partial charge in [0.1, 0.15) is 13.2 Å². The van der Waals surface area contributed by atoms with Gasteiger partial charge in [0, 0.05) is 13.8 Å². The zero-order valence-electron chi connectivity index (χ0n) is 16.7. The number of nitrogens with one attached hydrogen (secondary N) is 1. The van der Waals surface area contributed by atoms with Gasteiger partial charge in [0.15, 0.2) is 6.29 Å². The Balaban J connectivity index is 2.78. The predicted molar refractivity (Wildman–Crippen MR) is 97.5 cm³/mol. The van der Waals surface area contributed by atoms with Crippen molar-refractivity contribution in [2.45, 2.75) is 53.1 Å². The lowest BCUT2D eigenvalue weighted by Crippen LogP contribution is -2.58. The maximum atomic E-state index is 11.9. The van der Waals surface area contributed by atoms with E-state index in [1.807, 2.05) is 13.8 Å². The Hall–Kier alpha value is -1.93. The summed E-state index contributed by atoms with van der Waals surface area (Å²) in [7, 11) is 0. The molecule has 0 aromatic rings. The largest absolute Gasteiger partial charge is 0.463 e. The Morgan fingerprint density at radius 1 is 1.19 bits per heavy atom. The van der Waals surface area contributed by atoms with Gasteiger partial charge in [-0.1, -0.05) is 26.5 Å². The lowest BCUT2D eigenvalue weighted by atomic mass is 9.82. The number of carbonyl (C=O) groups excluding carboxylic acids is 3. The Morgan fingerprint density at radius 3 is 2.41 bits per heavy atom. The lowest BCUT2D eigenvalue weighted by Gasteiger charge is -2.44. The molecule has 0 saturated carbocycles. The van der Waals surface area contributed by atoms with E-state index in [2.05, 4.69) is 11.9 Å². The quantitative estimate of drug-likeness (QED) is 0.473. The zero-order valence-corrected chi connectivity index (χ0v) is 16.7. The van der Waals surface area contributed by atoms with Crippen molar-refractivity contribution in [3.8, 4) is 0 Å².